The van der Waals surface area contributed by atoms with Crippen LogP contribution >= 0.6 is 0 Å². The summed E-state index contributed by atoms with van der Waals surface area (Å²) in [5.74, 6) is 1.19. The first-order valence-corrected chi connectivity index (χ1v) is 8.23. The third kappa shape index (κ3) is 3.09. The van der Waals surface area contributed by atoms with E-state index in [1.165, 1.54) is 5.56 Å². The lowest BCUT2D eigenvalue weighted by molar-refractivity contribution is -0.124. The molecular weight excluding hydrogens is 286 g/mol. The first-order chi connectivity index (χ1) is 11.1. The van der Waals surface area contributed by atoms with E-state index in [0.717, 1.165) is 30.0 Å². The summed E-state index contributed by atoms with van der Waals surface area (Å²) in [6, 6.07) is 16.0. The van der Waals surface area contributed by atoms with Gasteiger partial charge in [-0.25, -0.2) is 0 Å². The van der Waals surface area contributed by atoms with E-state index < -0.39 is 6.10 Å². The van der Waals surface area contributed by atoms with Gasteiger partial charge in [0.15, 0.2) is 6.10 Å². The van der Waals surface area contributed by atoms with Crippen molar-refractivity contribution in [3.63, 3.8) is 0 Å². The van der Waals surface area contributed by atoms with Crippen LogP contribution in [0.3, 0.4) is 0 Å². The lowest BCUT2D eigenvalue weighted by atomic mass is 10.0. The van der Waals surface area contributed by atoms with E-state index in [1.807, 2.05) is 48.2 Å². The Balaban J connectivity index is 1.77. The molecule has 23 heavy (non-hydrogen) atoms. The lowest BCUT2D eigenvalue weighted by Gasteiger charge is -2.24. The molecule has 0 aliphatic carbocycles. The van der Waals surface area contributed by atoms with Gasteiger partial charge in [-0.05, 0) is 42.5 Å². The van der Waals surface area contributed by atoms with E-state index in [2.05, 4.69) is 26.0 Å². The zero-order valence-corrected chi connectivity index (χ0v) is 14.0. The van der Waals surface area contributed by atoms with Gasteiger partial charge >= 0.3 is 0 Å². The number of hydrogen-bond acceptors (Lipinski definition) is 2. The largest absolute Gasteiger partial charge is 0.481 e. The van der Waals surface area contributed by atoms with Gasteiger partial charge < -0.3 is 9.64 Å². The molecule has 2 aromatic carbocycles. The van der Waals surface area contributed by atoms with Crippen molar-refractivity contribution in [3.8, 4) is 5.75 Å². The Morgan fingerprint density at radius 3 is 2.52 bits per heavy atom. The van der Waals surface area contributed by atoms with Gasteiger partial charge in [0.2, 0.25) is 0 Å². The summed E-state index contributed by atoms with van der Waals surface area (Å²) in [7, 11) is 0. The van der Waals surface area contributed by atoms with Crippen molar-refractivity contribution >= 4 is 11.6 Å². The van der Waals surface area contributed by atoms with Crippen molar-refractivity contribution in [2.75, 3.05) is 11.4 Å². The van der Waals surface area contributed by atoms with Crippen LogP contribution in [0.2, 0.25) is 0 Å². The molecule has 120 valence electrons. The van der Waals surface area contributed by atoms with Gasteiger partial charge in [0.1, 0.15) is 5.75 Å². The average molecular weight is 309 g/mol. The normalized spacial score (nSPS) is 14.7. The standard InChI is InChI=1S/C20H23NO2/c1-14(2)17-9-5-7-11-19(17)23-15(3)20(22)21-13-12-16-8-4-6-10-18(16)21/h4-11,14-15H,12-13H2,1-3H3/t15-/m1/s1. The van der Waals surface area contributed by atoms with Gasteiger partial charge in [0.25, 0.3) is 5.91 Å². The Kier molecular flexibility index (Phi) is 4.37. The molecular formula is C20H23NO2. The van der Waals surface area contributed by atoms with Crippen LogP contribution in [0.25, 0.3) is 0 Å². The molecule has 2 aromatic rings. The molecule has 0 saturated heterocycles. The third-order valence-corrected chi connectivity index (χ3v) is 4.35. The number of benzene rings is 2. The van der Waals surface area contributed by atoms with Crippen LogP contribution in [0.4, 0.5) is 5.69 Å². The Morgan fingerprint density at radius 1 is 1.04 bits per heavy atom. The molecule has 3 nitrogen and oxygen atoms in total. The molecule has 0 N–H and O–H groups in total. The first kappa shape index (κ1) is 15.6. The van der Waals surface area contributed by atoms with Gasteiger partial charge in [-0.15, -0.1) is 0 Å². The van der Waals surface area contributed by atoms with Crippen molar-refractivity contribution in [3.05, 3.63) is 59.7 Å². The smallest absolute Gasteiger partial charge is 0.267 e. The summed E-state index contributed by atoms with van der Waals surface area (Å²) in [6.07, 6.45) is 0.415. The number of anilines is 1. The Labute approximate surface area is 137 Å². The molecule has 0 fully saturated rings. The number of fused-ring (bicyclic) bond motifs is 1. The van der Waals surface area contributed by atoms with Crippen molar-refractivity contribution in [2.45, 2.75) is 39.2 Å². The van der Waals surface area contributed by atoms with Crippen LogP contribution in [-0.4, -0.2) is 18.6 Å². The van der Waals surface area contributed by atoms with Gasteiger partial charge in [0, 0.05) is 12.2 Å². The number of rotatable bonds is 4. The maximum Gasteiger partial charge on any atom is 0.267 e. The molecule has 0 aromatic heterocycles. The number of carbonyl (C=O) groups excluding carboxylic acids is 1. The second-order valence-corrected chi connectivity index (χ2v) is 6.32. The van der Waals surface area contributed by atoms with Gasteiger partial charge in [-0.1, -0.05) is 50.2 Å². The molecule has 1 aliphatic heterocycles. The zero-order valence-electron chi connectivity index (χ0n) is 14.0. The first-order valence-electron chi connectivity index (χ1n) is 8.23. The molecule has 1 amide bonds. The van der Waals surface area contributed by atoms with Crippen molar-refractivity contribution < 1.29 is 9.53 Å². The van der Waals surface area contributed by atoms with Crippen LogP contribution in [-0.2, 0) is 11.2 Å². The van der Waals surface area contributed by atoms with E-state index in [4.69, 9.17) is 4.74 Å². The van der Waals surface area contributed by atoms with Gasteiger partial charge in [-0.3, -0.25) is 4.79 Å². The number of ether oxygens (including phenoxy) is 1. The summed E-state index contributed by atoms with van der Waals surface area (Å²) in [6.45, 7) is 6.83. The fraction of sp³-hybridized carbons (Fsp3) is 0.350. The molecule has 0 saturated carbocycles. The quantitative estimate of drug-likeness (QED) is 0.848. The molecule has 0 spiro atoms. The Bertz CT molecular complexity index is 708. The van der Waals surface area contributed by atoms with E-state index in [-0.39, 0.29) is 5.91 Å². The summed E-state index contributed by atoms with van der Waals surface area (Å²) < 4.78 is 6.00. The fourth-order valence-corrected chi connectivity index (χ4v) is 3.09. The number of carbonyl (C=O) groups is 1. The molecule has 3 heteroatoms. The fourth-order valence-electron chi connectivity index (χ4n) is 3.09. The topological polar surface area (TPSA) is 29.5 Å². The van der Waals surface area contributed by atoms with Crippen molar-refractivity contribution in [1.29, 1.82) is 0 Å². The molecule has 3 rings (SSSR count). The lowest BCUT2D eigenvalue weighted by Crippen LogP contribution is -2.39. The van der Waals surface area contributed by atoms with Crippen LogP contribution in [0.15, 0.2) is 48.5 Å². The van der Waals surface area contributed by atoms with Crippen LogP contribution in [0, 0.1) is 0 Å². The SMILES string of the molecule is CC(C)c1ccccc1O[C@H](C)C(=O)N1CCc2ccccc21. The second-order valence-electron chi connectivity index (χ2n) is 6.32. The summed E-state index contributed by atoms with van der Waals surface area (Å²) in [5, 5.41) is 0. The van der Waals surface area contributed by atoms with E-state index in [1.54, 1.807) is 0 Å². The molecule has 1 aliphatic rings. The Morgan fingerprint density at radius 2 is 1.74 bits per heavy atom. The molecule has 1 atom stereocenters. The average Bonchev–Trinajstić information content (AvgIpc) is 2.98. The maximum absolute atomic E-state index is 12.8. The zero-order chi connectivity index (χ0) is 16.4. The highest BCUT2D eigenvalue weighted by molar-refractivity contribution is 5.98. The summed E-state index contributed by atoms with van der Waals surface area (Å²) in [5.41, 5.74) is 3.38. The van der Waals surface area contributed by atoms with Crippen LogP contribution < -0.4 is 9.64 Å². The van der Waals surface area contributed by atoms with Gasteiger partial charge in [-0.2, -0.15) is 0 Å². The number of amides is 1. The monoisotopic (exact) mass is 309 g/mol. The number of para-hydroxylation sites is 2. The molecule has 0 unspecified atom stereocenters. The molecule has 0 bridgehead atoms. The van der Waals surface area contributed by atoms with Crippen molar-refractivity contribution in [2.24, 2.45) is 0 Å². The number of hydrogen-bond donors (Lipinski definition) is 0. The number of nitrogens with zero attached hydrogens (tertiary/aromatic N) is 1. The Hall–Kier alpha value is -2.29. The second kappa shape index (κ2) is 6.45. The van der Waals surface area contributed by atoms with Crippen LogP contribution in [0.5, 0.6) is 5.75 Å². The molecule has 0 radical (unpaired) electrons. The van der Waals surface area contributed by atoms with E-state index >= 15 is 0 Å². The third-order valence-electron chi connectivity index (χ3n) is 4.35. The highest BCUT2D eigenvalue weighted by Crippen LogP contribution is 2.30. The predicted octanol–water partition coefficient (Wildman–Crippen LogP) is 4.17. The minimum atomic E-state index is -0.499. The van der Waals surface area contributed by atoms with Gasteiger partial charge in [0.05, 0.1) is 0 Å². The predicted molar refractivity (Wildman–Crippen MR) is 93.1 cm³/mol. The highest BCUT2D eigenvalue weighted by Gasteiger charge is 2.29. The van der Waals surface area contributed by atoms with Crippen LogP contribution in [0.1, 0.15) is 37.8 Å². The molecule has 1 heterocycles. The van der Waals surface area contributed by atoms with E-state index in [9.17, 15) is 4.79 Å². The maximum atomic E-state index is 12.8. The highest BCUT2D eigenvalue weighted by atomic mass is 16.5. The summed E-state index contributed by atoms with van der Waals surface area (Å²) >= 11 is 0. The minimum Gasteiger partial charge on any atom is -0.481 e. The minimum absolute atomic E-state index is 0.0218. The van der Waals surface area contributed by atoms with E-state index in [0.29, 0.717) is 5.92 Å². The summed E-state index contributed by atoms with van der Waals surface area (Å²) in [4.78, 5) is 14.6. The van der Waals surface area contributed by atoms with Crippen molar-refractivity contribution in [1.82, 2.24) is 0 Å².